The maximum absolute atomic E-state index is 13.2. The van der Waals surface area contributed by atoms with Crippen molar-refractivity contribution in [3.8, 4) is 0 Å². The molecule has 1 heterocycles. The molecule has 0 bridgehead atoms. The molecule has 23 heavy (non-hydrogen) atoms. The van der Waals surface area contributed by atoms with Gasteiger partial charge in [0.15, 0.2) is 5.96 Å². The molecular weight excluding hydrogens is 359 g/mol. The largest absolute Gasteiger partial charge is 0.356 e. The van der Waals surface area contributed by atoms with Gasteiger partial charge in [-0.05, 0) is 52.2 Å². The fraction of sp³-hybridized carbons (Fsp3) is 0.294. The smallest absolute Gasteiger partial charge is 0.190 e. The number of halogens is 2. The van der Waals surface area contributed by atoms with E-state index in [0.717, 1.165) is 43.1 Å². The fourth-order valence-electron chi connectivity index (χ4n) is 2.10. The van der Waals surface area contributed by atoms with Gasteiger partial charge in [0, 0.05) is 38.4 Å². The summed E-state index contributed by atoms with van der Waals surface area (Å²) < 4.78 is 13.7. The molecule has 0 amide bonds. The highest BCUT2D eigenvalue weighted by molar-refractivity contribution is 9.10. The van der Waals surface area contributed by atoms with E-state index in [2.05, 4.69) is 36.5 Å². The second-order valence-corrected chi connectivity index (χ2v) is 5.85. The third-order valence-electron chi connectivity index (χ3n) is 3.31. The van der Waals surface area contributed by atoms with Gasteiger partial charge in [-0.15, -0.1) is 0 Å². The number of rotatable bonds is 6. The molecule has 2 aromatic rings. The van der Waals surface area contributed by atoms with Crippen LogP contribution in [0.3, 0.4) is 0 Å². The Hall–Kier alpha value is -1.95. The number of hydrogen-bond donors (Lipinski definition) is 2. The van der Waals surface area contributed by atoms with Crippen molar-refractivity contribution < 1.29 is 4.39 Å². The van der Waals surface area contributed by atoms with Gasteiger partial charge in [0.1, 0.15) is 5.82 Å². The normalized spacial score (nSPS) is 11.3. The van der Waals surface area contributed by atoms with Gasteiger partial charge in [0.25, 0.3) is 0 Å². The topological polar surface area (TPSA) is 49.3 Å². The minimum Gasteiger partial charge on any atom is -0.356 e. The lowest BCUT2D eigenvalue weighted by Gasteiger charge is -2.12. The first-order valence-corrected chi connectivity index (χ1v) is 8.26. The summed E-state index contributed by atoms with van der Waals surface area (Å²) in [6.45, 7) is 1.49. The molecule has 0 aliphatic carbocycles. The maximum atomic E-state index is 13.2. The van der Waals surface area contributed by atoms with Crippen LogP contribution < -0.4 is 10.6 Å². The van der Waals surface area contributed by atoms with Gasteiger partial charge >= 0.3 is 0 Å². The molecule has 2 rings (SSSR count). The number of nitrogens with zero attached hydrogens (tertiary/aromatic N) is 2. The molecule has 6 heteroatoms. The summed E-state index contributed by atoms with van der Waals surface area (Å²) >= 11 is 3.20. The van der Waals surface area contributed by atoms with Crippen LogP contribution in [0.25, 0.3) is 0 Å². The van der Waals surface area contributed by atoms with Crippen LogP contribution in [0.4, 0.5) is 4.39 Å². The number of benzene rings is 1. The highest BCUT2D eigenvalue weighted by Crippen LogP contribution is 2.16. The molecular formula is C17H20BrFN4. The molecule has 0 saturated heterocycles. The maximum Gasteiger partial charge on any atom is 0.190 e. The van der Waals surface area contributed by atoms with Crippen molar-refractivity contribution in [1.82, 2.24) is 15.6 Å². The summed E-state index contributed by atoms with van der Waals surface area (Å²) in [5, 5.41) is 6.50. The monoisotopic (exact) mass is 378 g/mol. The molecule has 0 atom stereocenters. The average molecular weight is 379 g/mol. The first-order chi connectivity index (χ1) is 11.2. The predicted molar refractivity (Wildman–Crippen MR) is 95.1 cm³/mol. The van der Waals surface area contributed by atoms with Gasteiger partial charge in [-0.3, -0.25) is 9.98 Å². The van der Waals surface area contributed by atoms with Crippen LogP contribution in [0, 0.1) is 5.82 Å². The van der Waals surface area contributed by atoms with Crippen molar-refractivity contribution in [2.45, 2.75) is 12.8 Å². The molecule has 0 fully saturated rings. The zero-order chi connectivity index (χ0) is 16.5. The van der Waals surface area contributed by atoms with Gasteiger partial charge < -0.3 is 10.6 Å². The molecule has 0 saturated carbocycles. The number of aromatic nitrogens is 1. The number of aliphatic imine (C=N–C) groups is 1. The molecule has 122 valence electrons. The van der Waals surface area contributed by atoms with Crippen molar-refractivity contribution in [3.63, 3.8) is 0 Å². The van der Waals surface area contributed by atoms with E-state index < -0.39 is 0 Å². The van der Waals surface area contributed by atoms with Crippen LogP contribution in [0.1, 0.15) is 11.3 Å². The Kier molecular flexibility index (Phi) is 7.00. The average Bonchev–Trinajstić information content (AvgIpc) is 2.57. The van der Waals surface area contributed by atoms with E-state index in [1.165, 1.54) is 6.07 Å². The molecule has 4 nitrogen and oxygen atoms in total. The molecule has 0 spiro atoms. The Morgan fingerprint density at radius 1 is 1.17 bits per heavy atom. The van der Waals surface area contributed by atoms with Crippen molar-refractivity contribution >= 4 is 21.9 Å². The lowest BCUT2D eigenvalue weighted by Crippen LogP contribution is -2.39. The zero-order valence-corrected chi connectivity index (χ0v) is 14.6. The number of nitrogens with one attached hydrogen (secondary N) is 2. The van der Waals surface area contributed by atoms with E-state index in [1.54, 1.807) is 25.4 Å². The third kappa shape index (κ3) is 5.98. The molecule has 0 aliphatic heterocycles. The fourth-order valence-corrected chi connectivity index (χ4v) is 2.52. The highest BCUT2D eigenvalue weighted by atomic mass is 79.9. The summed E-state index contributed by atoms with van der Waals surface area (Å²) in [7, 11) is 1.74. The third-order valence-corrected chi connectivity index (χ3v) is 3.92. The van der Waals surface area contributed by atoms with Crippen LogP contribution in [0.15, 0.2) is 52.1 Å². The van der Waals surface area contributed by atoms with Crippen molar-refractivity contribution in [2.24, 2.45) is 4.99 Å². The lowest BCUT2D eigenvalue weighted by molar-refractivity contribution is 0.620. The first-order valence-electron chi connectivity index (χ1n) is 7.47. The summed E-state index contributed by atoms with van der Waals surface area (Å²) in [6.07, 6.45) is 3.43. The Morgan fingerprint density at radius 3 is 2.61 bits per heavy atom. The second-order valence-electron chi connectivity index (χ2n) is 5.00. The summed E-state index contributed by atoms with van der Waals surface area (Å²) in [5.41, 5.74) is 2.11. The summed E-state index contributed by atoms with van der Waals surface area (Å²) in [5.74, 6) is 0.510. The van der Waals surface area contributed by atoms with Gasteiger partial charge in [0.2, 0.25) is 0 Å². The number of hydrogen-bond acceptors (Lipinski definition) is 2. The van der Waals surface area contributed by atoms with Crippen LogP contribution in [-0.4, -0.2) is 31.1 Å². The summed E-state index contributed by atoms with van der Waals surface area (Å²) in [6, 6.07) is 11.0. The summed E-state index contributed by atoms with van der Waals surface area (Å²) in [4.78, 5) is 8.47. The molecule has 0 aliphatic rings. The van der Waals surface area contributed by atoms with E-state index in [0.29, 0.717) is 4.47 Å². The Balaban J connectivity index is 1.71. The number of guanidine groups is 1. The van der Waals surface area contributed by atoms with Crippen LogP contribution >= 0.6 is 15.9 Å². The molecule has 2 N–H and O–H groups in total. The van der Waals surface area contributed by atoms with E-state index in [1.807, 2.05) is 18.2 Å². The van der Waals surface area contributed by atoms with Crippen LogP contribution in [0.2, 0.25) is 0 Å². The predicted octanol–water partition coefficient (Wildman–Crippen LogP) is 2.93. The Morgan fingerprint density at radius 2 is 1.96 bits per heavy atom. The first kappa shape index (κ1) is 17.4. The van der Waals surface area contributed by atoms with Crippen molar-refractivity contribution in [2.75, 3.05) is 20.1 Å². The Labute approximate surface area is 144 Å². The van der Waals surface area contributed by atoms with Gasteiger partial charge in [-0.2, -0.15) is 0 Å². The van der Waals surface area contributed by atoms with E-state index in [4.69, 9.17) is 0 Å². The highest BCUT2D eigenvalue weighted by Gasteiger charge is 2.02. The molecule has 1 aromatic carbocycles. The SMILES string of the molecule is CN=C(NCCc1ccc(F)c(Br)c1)NCCc1ccccn1. The minimum atomic E-state index is -0.242. The molecule has 0 unspecified atom stereocenters. The van der Waals surface area contributed by atoms with Crippen LogP contribution in [0.5, 0.6) is 0 Å². The zero-order valence-electron chi connectivity index (χ0n) is 13.0. The van der Waals surface area contributed by atoms with Crippen molar-refractivity contribution in [3.05, 3.63) is 64.1 Å². The second kappa shape index (κ2) is 9.25. The molecule has 0 radical (unpaired) electrons. The van der Waals surface area contributed by atoms with Gasteiger partial charge in [-0.1, -0.05) is 12.1 Å². The van der Waals surface area contributed by atoms with Gasteiger partial charge in [0.05, 0.1) is 4.47 Å². The van der Waals surface area contributed by atoms with Gasteiger partial charge in [-0.25, -0.2) is 4.39 Å². The Bertz CT molecular complexity index is 646. The minimum absolute atomic E-state index is 0.242. The van der Waals surface area contributed by atoms with Crippen LogP contribution in [-0.2, 0) is 12.8 Å². The number of pyridine rings is 1. The van der Waals surface area contributed by atoms with E-state index >= 15 is 0 Å². The van der Waals surface area contributed by atoms with E-state index in [-0.39, 0.29) is 5.82 Å². The van der Waals surface area contributed by atoms with E-state index in [9.17, 15) is 4.39 Å². The van der Waals surface area contributed by atoms with Crippen molar-refractivity contribution in [1.29, 1.82) is 0 Å². The lowest BCUT2D eigenvalue weighted by atomic mass is 10.1. The molecule has 1 aromatic heterocycles. The standard InChI is InChI=1S/C17H20BrFN4/c1-20-17(23-11-8-14-4-2-3-9-21-14)22-10-7-13-5-6-16(19)15(18)12-13/h2-6,9,12H,7-8,10-11H2,1H3,(H2,20,22,23). The quantitative estimate of drug-likeness (QED) is 0.600.